The molecule has 0 atom stereocenters. The Morgan fingerprint density at radius 3 is 2.85 bits per heavy atom. The summed E-state index contributed by atoms with van der Waals surface area (Å²) in [7, 11) is 0. The molecule has 3 rings (SSSR count). The van der Waals surface area contributed by atoms with Crippen LogP contribution in [-0.4, -0.2) is 24.8 Å². The van der Waals surface area contributed by atoms with E-state index in [-0.39, 0.29) is 30.8 Å². The van der Waals surface area contributed by atoms with E-state index in [1.807, 2.05) is 18.2 Å². The van der Waals surface area contributed by atoms with Crippen molar-refractivity contribution in [1.29, 1.82) is 0 Å². The molecule has 0 saturated heterocycles. The smallest absolute Gasteiger partial charge is 0.265 e. The van der Waals surface area contributed by atoms with E-state index in [1.54, 1.807) is 4.90 Å². The fourth-order valence-corrected chi connectivity index (χ4v) is 3.23. The lowest BCUT2D eigenvalue weighted by Crippen LogP contribution is -2.43. The zero-order valence-corrected chi connectivity index (χ0v) is 12.7. The van der Waals surface area contributed by atoms with Gasteiger partial charge in [-0.3, -0.25) is 14.5 Å². The molecule has 4 nitrogen and oxygen atoms in total. The highest BCUT2D eigenvalue weighted by atomic mass is 79.9. The predicted molar refractivity (Wildman–Crippen MR) is 79.0 cm³/mol. The van der Waals surface area contributed by atoms with E-state index in [0.29, 0.717) is 11.4 Å². The topological polar surface area (TPSA) is 46.6 Å². The maximum absolute atomic E-state index is 12.3. The first kappa shape index (κ1) is 13.6. The van der Waals surface area contributed by atoms with E-state index in [9.17, 15) is 9.59 Å². The monoisotopic (exact) mass is 337 g/mol. The molecule has 0 radical (unpaired) electrons. The molecule has 1 aromatic rings. The van der Waals surface area contributed by atoms with Crippen molar-refractivity contribution in [1.82, 2.24) is 0 Å². The Morgan fingerprint density at radius 2 is 2.10 bits per heavy atom. The number of benzene rings is 1. The van der Waals surface area contributed by atoms with Crippen LogP contribution in [0.25, 0.3) is 0 Å². The highest BCUT2D eigenvalue weighted by molar-refractivity contribution is 9.10. The van der Waals surface area contributed by atoms with Gasteiger partial charge >= 0.3 is 0 Å². The Bertz CT molecular complexity index is 552. The number of carbonyl (C=O) groups is 2. The summed E-state index contributed by atoms with van der Waals surface area (Å²) in [5.74, 6) is 0.805. The quantitative estimate of drug-likeness (QED) is 0.851. The molecular weight excluding hydrogens is 322 g/mol. The lowest BCUT2D eigenvalue weighted by atomic mass is 10.0. The number of carbonyl (C=O) groups excluding carboxylic acids is 2. The van der Waals surface area contributed by atoms with Crippen LogP contribution in [-0.2, 0) is 9.59 Å². The van der Waals surface area contributed by atoms with Crippen molar-refractivity contribution >= 4 is 33.3 Å². The summed E-state index contributed by atoms with van der Waals surface area (Å²) in [5.41, 5.74) is 0.682. The highest BCUT2D eigenvalue weighted by Gasteiger charge is 2.30. The van der Waals surface area contributed by atoms with E-state index in [0.717, 1.165) is 30.2 Å². The molecule has 0 N–H and O–H groups in total. The summed E-state index contributed by atoms with van der Waals surface area (Å²) in [6.45, 7) is 0.170. The van der Waals surface area contributed by atoms with Crippen molar-refractivity contribution in [3.8, 4) is 5.75 Å². The minimum atomic E-state index is -0.151. The molecule has 1 saturated carbocycles. The van der Waals surface area contributed by atoms with Crippen LogP contribution in [0, 0.1) is 5.92 Å². The van der Waals surface area contributed by atoms with Gasteiger partial charge in [0.05, 0.1) is 12.2 Å². The third kappa shape index (κ3) is 2.59. The molecule has 0 bridgehead atoms. The Morgan fingerprint density at radius 1 is 1.35 bits per heavy atom. The van der Waals surface area contributed by atoms with Crippen LogP contribution in [0.2, 0.25) is 0 Å². The number of rotatable bonds is 3. The zero-order valence-electron chi connectivity index (χ0n) is 11.1. The molecule has 1 aromatic carbocycles. The van der Waals surface area contributed by atoms with Gasteiger partial charge in [0.1, 0.15) is 5.75 Å². The van der Waals surface area contributed by atoms with Gasteiger partial charge in [-0.25, -0.2) is 0 Å². The van der Waals surface area contributed by atoms with Crippen LogP contribution in [0.1, 0.15) is 25.7 Å². The molecule has 0 spiro atoms. The minimum absolute atomic E-state index is 0.00653. The van der Waals surface area contributed by atoms with Gasteiger partial charge in [0.2, 0.25) is 0 Å². The molecule has 2 aliphatic rings. The van der Waals surface area contributed by atoms with Gasteiger partial charge in [-0.2, -0.15) is 0 Å². The fourth-order valence-electron chi connectivity index (χ4n) is 2.88. The van der Waals surface area contributed by atoms with Crippen molar-refractivity contribution < 1.29 is 14.3 Å². The van der Waals surface area contributed by atoms with Crippen molar-refractivity contribution in [2.45, 2.75) is 25.7 Å². The van der Waals surface area contributed by atoms with Crippen molar-refractivity contribution in [3.63, 3.8) is 0 Å². The van der Waals surface area contributed by atoms with Gasteiger partial charge in [0, 0.05) is 10.4 Å². The maximum atomic E-state index is 12.3. The van der Waals surface area contributed by atoms with Gasteiger partial charge in [0.15, 0.2) is 12.4 Å². The molecule has 1 aliphatic heterocycles. The van der Waals surface area contributed by atoms with Gasteiger partial charge in [-0.15, -0.1) is 0 Å². The number of Topliss-reactive ketones (excluding diaryl/α,β-unsaturated/α-hetero) is 1. The molecule has 0 aromatic heterocycles. The van der Waals surface area contributed by atoms with Crippen LogP contribution < -0.4 is 9.64 Å². The highest BCUT2D eigenvalue weighted by Crippen LogP contribution is 2.35. The number of ketones is 1. The summed E-state index contributed by atoms with van der Waals surface area (Å²) in [6.07, 6.45) is 4.16. The first-order valence-electron chi connectivity index (χ1n) is 6.90. The van der Waals surface area contributed by atoms with Crippen LogP contribution in [0.3, 0.4) is 0 Å². The lowest BCUT2D eigenvalue weighted by Gasteiger charge is -2.29. The van der Waals surface area contributed by atoms with Crippen molar-refractivity contribution in [2.24, 2.45) is 5.92 Å². The zero-order chi connectivity index (χ0) is 14.1. The molecule has 0 unspecified atom stereocenters. The van der Waals surface area contributed by atoms with Crippen LogP contribution in [0.15, 0.2) is 22.7 Å². The Labute approximate surface area is 126 Å². The molecule has 1 aliphatic carbocycles. The summed E-state index contributed by atoms with van der Waals surface area (Å²) in [6, 6.07) is 5.51. The van der Waals surface area contributed by atoms with E-state index in [4.69, 9.17) is 4.74 Å². The molecule has 5 heteroatoms. The van der Waals surface area contributed by atoms with Gasteiger partial charge in [0.25, 0.3) is 5.91 Å². The molecule has 106 valence electrons. The average Bonchev–Trinajstić information content (AvgIpc) is 2.96. The van der Waals surface area contributed by atoms with Crippen molar-refractivity contribution in [2.75, 3.05) is 18.1 Å². The van der Waals surface area contributed by atoms with Crippen molar-refractivity contribution in [3.05, 3.63) is 22.7 Å². The first-order valence-corrected chi connectivity index (χ1v) is 7.70. The standard InChI is InChI=1S/C15H16BrNO3/c16-11-5-6-14-12(7-11)17(15(19)9-20-14)8-13(18)10-3-1-2-4-10/h5-7,10H,1-4,8-9H2. The number of hydrogen-bond donors (Lipinski definition) is 0. The summed E-state index contributed by atoms with van der Waals surface area (Å²) in [4.78, 5) is 25.9. The number of halogens is 1. The summed E-state index contributed by atoms with van der Waals surface area (Å²) in [5, 5.41) is 0. The number of hydrogen-bond acceptors (Lipinski definition) is 3. The second kappa shape index (κ2) is 5.56. The maximum Gasteiger partial charge on any atom is 0.265 e. The van der Waals surface area contributed by atoms with Crippen LogP contribution in [0.5, 0.6) is 5.75 Å². The Hall–Kier alpha value is -1.36. The SMILES string of the molecule is O=C(CN1C(=O)COc2ccc(Br)cc21)C1CCCC1. The summed E-state index contributed by atoms with van der Waals surface area (Å²) < 4.78 is 6.27. The average molecular weight is 338 g/mol. The molecule has 1 fully saturated rings. The number of anilines is 1. The number of amides is 1. The summed E-state index contributed by atoms with van der Waals surface area (Å²) >= 11 is 3.39. The number of nitrogens with zero attached hydrogens (tertiary/aromatic N) is 1. The van der Waals surface area contributed by atoms with Gasteiger partial charge in [-0.1, -0.05) is 28.8 Å². The molecule has 20 heavy (non-hydrogen) atoms. The third-order valence-electron chi connectivity index (χ3n) is 3.99. The van der Waals surface area contributed by atoms with E-state index < -0.39 is 0 Å². The predicted octanol–water partition coefficient (Wildman–Crippen LogP) is 2.93. The van der Waals surface area contributed by atoms with Crippen LogP contribution >= 0.6 is 15.9 Å². The van der Waals surface area contributed by atoms with Gasteiger partial charge < -0.3 is 4.74 Å². The van der Waals surface area contributed by atoms with E-state index >= 15 is 0 Å². The molecular formula is C15H16BrNO3. The number of ether oxygens (including phenoxy) is 1. The van der Waals surface area contributed by atoms with Crippen LogP contribution in [0.4, 0.5) is 5.69 Å². The van der Waals surface area contributed by atoms with E-state index in [1.165, 1.54) is 0 Å². The van der Waals surface area contributed by atoms with E-state index in [2.05, 4.69) is 15.9 Å². The Kier molecular flexibility index (Phi) is 3.78. The second-order valence-electron chi connectivity index (χ2n) is 5.33. The molecule has 1 amide bonds. The number of fused-ring (bicyclic) bond motifs is 1. The normalized spacial score (nSPS) is 18.9. The Balaban J connectivity index is 1.83. The lowest BCUT2D eigenvalue weighted by molar-refractivity contribution is -0.126. The largest absolute Gasteiger partial charge is 0.482 e. The fraction of sp³-hybridized carbons (Fsp3) is 0.467. The second-order valence-corrected chi connectivity index (χ2v) is 6.24. The third-order valence-corrected chi connectivity index (χ3v) is 4.48. The minimum Gasteiger partial charge on any atom is -0.482 e. The first-order chi connectivity index (χ1) is 9.65. The molecule has 1 heterocycles. The van der Waals surface area contributed by atoms with Gasteiger partial charge in [-0.05, 0) is 31.0 Å².